The zero-order chi connectivity index (χ0) is 6.58. The molecule has 0 aliphatic heterocycles. The van der Waals surface area contributed by atoms with Crippen LogP contribution in [0.15, 0.2) is 0 Å². The van der Waals surface area contributed by atoms with Crippen molar-refractivity contribution in [3.63, 3.8) is 0 Å². The second-order valence-electron chi connectivity index (χ2n) is 3.88. The third-order valence-corrected chi connectivity index (χ3v) is 3.38. The molecule has 0 unspecified atom stereocenters. The molecule has 0 saturated heterocycles. The number of hydrogen-bond acceptors (Lipinski definition) is 0. The Bertz CT molecular complexity index is 99.7. The molecule has 0 nitrogen and oxygen atoms in total. The van der Waals surface area contributed by atoms with Gasteiger partial charge >= 0.3 is 18.9 Å². The third-order valence-electron chi connectivity index (χ3n) is 3.38. The largest absolute Gasteiger partial charge is 1.00 e. The maximum atomic E-state index is 2.31. The minimum absolute atomic E-state index is 0. The SMILES string of the molecule is C[C-]1C(C)(C)C1(C)C.[Li+]. The fraction of sp³-hybridized carbons (Fsp3) is 0.875. The molecule has 0 N–H and O–H groups in total. The predicted octanol–water partition coefficient (Wildman–Crippen LogP) is -0.349. The molecule has 48 valence electrons. The van der Waals surface area contributed by atoms with E-state index in [-0.39, 0.29) is 18.9 Å². The van der Waals surface area contributed by atoms with Gasteiger partial charge in [-0.25, -0.2) is 0 Å². The second kappa shape index (κ2) is 2.04. The van der Waals surface area contributed by atoms with Crippen LogP contribution < -0.4 is 18.9 Å². The van der Waals surface area contributed by atoms with Crippen molar-refractivity contribution in [2.45, 2.75) is 34.6 Å². The first-order valence-corrected chi connectivity index (χ1v) is 3.25. The summed E-state index contributed by atoms with van der Waals surface area (Å²) in [5, 5.41) is 0. The molecule has 0 heterocycles. The van der Waals surface area contributed by atoms with Crippen molar-refractivity contribution in [2.24, 2.45) is 10.8 Å². The first kappa shape index (κ1) is 9.60. The zero-order valence-corrected chi connectivity index (χ0v) is 7.50. The first-order chi connectivity index (χ1) is 3.40. The van der Waals surface area contributed by atoms with Crippen molar-refractivity contribution >= 4 is 0 Å². The smallest absolute Gasteiger partial charge is 0.309 e. The van der Waals surface area contributed by atoms with Gasteiger partial charge in [0.1, 0.15) is 0 Å². The molecule has 0 aromatic carbocycles. The molecule has 0 bridgehead atoms. The van der Waals surface area contributed by atoms with Gasteiger partial charge in [-0.1, -0.05) is 27.7 Å². The number of rotatable bonds is 0. The van der Waals surface area contributed by atoms with Crippen LogP contribution in [0.1, 0.15) is 34.6 Å². The van der Waals surface area contributed by atoms with Gasteiger partial charge < -0.3 is 5.92 Å². The Morgan fingerprint density at radius 1 is 0.889 bits per heavy atom. The van der Waals surface area contributed by atoms with Crippen LogP contribution in [-0.2, 0) is 0 Å². The van der Waals surface area contributed by atoms with Crippen LogP contribution in [0.4, 0.5) is 0 Å². The summed E-state index contributed by atoms with van der Waals surface area (Å²) in [6.07, 6.45) is 0. The molecule has 1 saturated carbocycles. The van der Waals surface area contributed by atoms with Gasteiger partial charge in [-0.2, -0.15) is 17.8 Å². The topological polar surface area (TPSA) is 0 Å². The average molecular weight is 118 g/mol. The quantitative estimate of drug-likeness (QED) is 0.301. The van der Waals surface area contributed by atoms with Crippen molar-refractivity contribution in [3.8, 4) is 0 Å². The third kappa shape index (κ3) is 0.974. The monoisotopic (exact) mass is 118 g/mol. The van der Waals surface area contributed by atoms with Crippen molar-refractivity contribution in [3.05, 3.63) is 5.92 Å². The van der Waals surface area contributed by atoms with E-state index in [9.17, 15) is 0 Å². The van der Waals surface area contributed by atoms with Crippen LogP contribution in [0.25, 0.3) is 0 Å². The minimum atomic E-state index is 0. The van der Waals surface area contributed by atoms with Crippen molar-refractivity contribution in [1.82, 2.24) is 0 Å². The molecule has 0 spiro atoms. The van der Waals surface area contributed by atoms with Crippen molar-refractivity contribution < 1.29 is 18.9 Å². The van der Waals surface area contributed by atoms with Crippen LogP contribution in [0, 0.1) is 16.7 Å². The van der Waals surface area contributed by atoms with E-state index in [0.717, 1.165) is 0 Å². The van der Waals surface area contributed by atoms with Gasteiger partial charge in [0.2, 0.25) is 0 Å². The summed E-state index contributed by atoms with van der Waals surface area (Å²) in [6, 6.07) is 0. The van der Waals surface area contributed by atoms with Gasteiger partial charge in [0.05, 0.1) is 0 Å². The summed E-state index contributed by atoms with van der Waals surface area (Å²) in [5.41, 5.74) is 1.04. The minimum Gasteiger partial charge on any atom is -0.309 e. The van der Waals surface area contributed by atoms with E-state index < -0.39 is 0 Å². The summed E-state index contributed by atoms with van der Waals surface area (Å²) in [5.74, 6) is 1.64. The fourth-order valence-corrected chi connectivity index (χ4v) is 1.31. The summed E-state index contributed by atoms with van der Waals surface area (Å²) in [7, 11) is 0. The Balaban J connectivity index is 0.000000640. The molecule has 0 radical (unpaired) electrons. The van der Waals surface area contributed by atoms with Gasteiger partial charge in [0.25, 0.3) is 0 Å². The van der Waals surface area contributed by atoms with E-state index in [4.69, 9.17) is 0 Å². The van der Waals surface area contributed by atoms with E-state index in [1.54, 1.807) is 5.92 Å². The summed E-state index contributed by atoms with van der Waals surface area (Å²) >= 11 is 0. The Morgan fingerprint density at radius 2 is 1.00 bits per heavy atom. The standard InChI is InChI=1S/C8H15.Li/c1-6-7(2,3)8(6,4)5;/h1-5H3;/q-1;+1. The average Bonchev–Trinajstić information content (AvgIpc) is 1.88. The molecule has 0 aromatic heterocycles. The van der Waals surface area contributed by atoms with Crippen LogP contribution in [-0.4, -0.2) is 0 Å². The molecular formula is C8H15Li. The molecule has 0 amide bonds. The van der Waals surface area contributed by atoms with Crippen LogP contribution >= 0.6 is 0 Å². The zero-order valence-electron chi connectivity index (χ0n) is 7.50. The molecule has 0 atom stereocenters. The first-order valence-electron chi connectivity index (χ1n) is 3.25. The molecule has 1 aliphatic rings. The van der Waals surface area contributed by atoms with Crippen LogP contribution in [0.5, 0.6) is 0 Å². The van der Waals surface area contributed by atoms with Crippen molar-refractivity contribution in [2.75, 3.05) is 0 Å². The molecule has 1 heteroatoms. The Hall–Kier alpha value is 0.597. The van der Waals surface area contributed by atoms with Crippen LogP contribution in [0.2, 0.25) is 0 Å². The van der Waals surface area contributed by atoms with Gasteiger partial charge in [0.15, 0.2) is 0 Å². The molecule has 1 fully saturated rings. The van der Waals surface area contributed by atoms with Crippen LogP contribution in [0.3, 0.4) is 0 Å². The van der Waals surface area contributed by atoms with E-state index in [2.05, 4.69) is 34.6 Å². The summed E-state index contributed by atoms with van der Waals surface area (Å²) in [4.78, 5) is 0. The van der Waals surface area contributed by atoms with Gasteiger partial charge in [-0.05, 0) is 0 Å². The molecule has 0 aromatic rings. The summed E-state index contributed by atoms with van der Waals surface area (Å²) in [6.45, 7) is 11.5. The Labute approximate surface area is 70.6 Å². The summed E-state index contributed by atoms with van der Waals surface area (Å²) < 4.78 is 0. The Morgan fingerprint density at radius 3 is 1.00 bits per heavy atom. The normalized spacial score (nSPS) is 29.0. The van der Waals surface area contributed by atoms with E-state index in [1.807, 2.05) is 0 Å². The van der Waals surface area contributed by atoms with Gasteiger partial charge in [-0.15, -0.1) is 0 Å². The van der Waals surface area contributed by atoms with Gasteiger partial charge in [-0.3, -0.25) is 0 Å². The molecule has 1 aliphatic carbocycles. The maximum Gasteiger partial charge on any atom is 1.00 e. The Kier molecular flexibility index (Phi) is 2.18. The molecule has 9 heavy (non-hydrogen) atoms. The van der Waals surface area contributed by atoms with Gasteiger partial charge in [0, 0.05) is 0 Å². The maximum absolute atomic E-state index is 2.31. The van der Waals surface area contributed by atoms with E-state index in [1.165, 1.54) is 0 Å². The van der Waals surface area contributed by atoms with E-state index >= 15 is 0 Å². The molecule has 1 rings (SSSR count). The second-order valence-corrected chi connectivity index (χ2v) is 3.88. The van der Waals surface area contributed by atoms with Crippen molar-refractivity contribution in [1.29, 1.82) is 0 Å². The van der Waals surface area contributed by atoms with E-state index in [0.29, 0.717) is 10.8 Å². The number of hydrogen-bond donors (Lipinski definition) is 0. The predicted molar refractivity (Wildman–Crippen MR) is 36.5 cm³/mol. The fourth-order valence-electron chi connectivity index (χ4n) is 1.31. The molecular weight excluding hydrogens is 103 g/mol.